The van der Waals surface area contributed by atoms with E-state index < -0.39 is 5.97 Å². The zero-order valence-corrected chi connectivity index (χ0v) is 12.0. The number of carbonyl (C=O) groups excluding carboxylic acids is 1. The number of carboxylic acid groups (broad SMARTS) is 1. The maximum Gasteiger partial charge on any atom is 0.323 e. The molecule has 0 unspecified atom stereocenters. The summed E-state index contributed by atoms with van der Waals surface area (Å²) in [6.07, 6.45) is 1.84. The molecule has 0 spiro atoms. The first-order valence-electron chi connectivity index (χ1n) is 6.65. The van der Waals surface area contributed by atoms with Gasteiger partial charge in [0.2, 0.25) is 0 Å². The molecule has 0 saturated carbocycles. The lowest BCUT2D eigenvalue weighted by molar-refractivity contribution is -0.137. The number of likely N-dealkylation sites (N-methyl/N-ethyl adjacent to an activating group) is 1. The van der Waals surface area contributed by atoms with Gasteiger partial charge in [0.15, 0.2) is 0 Å². The smallest absolute Gasteiger partial charge is 0.323 e. The molecule has 2 aromatic rings. The molecule has 6 heteroatoms. The van der Waals surface area contributed by atoms with Crippen molar-refractivity contribution in [2.24, 2.45) is 0 Å². The number of nitrogens with zero attached hydrogens (tertiary/aromatic N) is 3. The topological polar surface area (TPSA) is 75.4 Å². The van der Waals surface area contributed by atoms with Gasteiger partial charge in [0, 0.05) is 18.3 Å². The molecule has 0 aliphatic heterocycles. The van der Waals surface area contributed by atoms with Gasteiger partial charge in [0.25, 0.3) is 5.91 Å². The van der Waals surface area contributed by atoms with Crippen LogP contribution in [0.1, 0.15) is 23.0 Å². The Hall–Kier alpha value is -2.63. The van der Waals surface area contributed by atoms with Crippen molar-refractivity contribution in [1.29, 1.82) is 0 Å². The summed E-state index contributed by atoms with van der Waals surface area (Å²) in [6.45, 7) is 3.71. The molecule has 0 radical (unpaired) electrons. The molecular formula is C15H17N3O3. The highest BCUT2D eigenvalue weighted by atomic mass is 16.4. The van der Waals surface area contributed by atoms with E-state index in [2.05, 4.69) is 5.10 Å². The molecule has 0 saturated heterocycles. The highest BCUT2D eigenvalue weighted by Crippen LogP contribution is 2.11. The van der Waals surface area contributed by atoms with Crippen molar-refractivity contribution in [2.75, 3.05) is 13.1 Å². The van der Waals surface area contributed by atoms with Crippen LogP contribution < -0.4 is 0 Å². The van der Waals surface area contributed by atoms with Crippen LogP contribution in [0.15, 0.2) is 36.5 Å². The molecular weight excluding hydrogens is 270 g/mol. The maximum absolute atomic E-state index is 12.2. The molecule has 1 aromatic carbocycles. The molecule has 1 amide bonds. The molecule has 0 fully saturated rings. The van der Waals surface area contributed by atoms with Gasteiger partial charge in [-0.3, -0.25) is 9.59 Å². The number of aromatic nitrogens is 2. The highest BCUT2D eigenvalue weighted by Gasteiger charge is 2.16. The predicted molar refractivity (Wildman–Crippen MR) is 77.5 cm³/mol. The molecule has 1 aromatic heterocycles. The molecule has 1 heterocycles. The number of amides is 1. The quantitative estimate of drug-likeness (QED) is 0.908. The number of hydrogen-bond donors (Lipinski definition) is 1. The van der Waals surface area contributed by atoms with Crippen molar-refractivity contribution in [3.8, 4) is 5.69 Å². The summed E-state index contributed by atoms with van der Waals surface area (Å²) in [4.78, 5) is 24.2. The molecule has 21 heavy (non-hydrogen) atoms. The minimum atomic E-state index is -1.02. The van der Waals surface area contributed by atoms with E-state index >= 15 is 0 Å². The van der Waals surface area contributed by atoms with Gasteiger partial charge in [-0.15, -0.1) is 0 Å². The van der Waals surface area contributed by atoms with Crippen LogP contribution >= 0.6 is 0 Å². The van der Waals surface area contributed by atoms with Crippen molar-refractivity contribution < 1.29 is 14.7 Å². The van der Waals surface area contributed by atoms with Crippen LogP contribution in [0.2, 0.25) is 0 Å². The number of carboxylic acids is 1. The van der Waals surface area contributed by atoms with Crippen molar-refractivity contribution in [1.82, 2.24) is 14.7 Å². The fourth-order valence-electron chi connectivity index (χ4n) is 1.99. The number of rotatable bonds is 5. The predicted octanol–water partition coefficient (Wildman–Crippen LogP) is 1.73. The van der Waals surface area contributed by atoms with Gasteiger partial charge >= 0.3 is 5.97 Å². The van der Waals surface area contributed by atoms with Gasteiger partial charge in [-0.2, -0.15) is 5.10 Å². The van der Waals surface area contributed by atoms with Crippen molar-refractivity contribution in [2.45, 2.75) is 13.8 Å². The maximum atomic E-state index is 12.2. The number of benzene rings is 1. The Balaban J connectivity index is 2.18. The van der Waals surface area contributed by atoms with Gasteiger partial charge in [-0.25, -0.2) is 4.68 Å². The molecule has 0 aliphatic carbocycles. The first kappa shape index (κ1) is 14.8. The van der Waals surface area contributed by atoms with Crippen LogP contribution in [-0.2, 0) is 4.79 Å². The zero-order chi connectivity index (χ0) is 15.4. The van der Waals surface area contributed by atoms with Gasteiger partial charge in [0.05, 0.1) is 11.4 Å². The van der Waals surface area contributed by atoms with Gasteiger partial charge in [-0.1, -0.05) is 0 Å². The Morgan fingerprint density at radius 3 is 2.38 bits per heavy atom. The summed E-state index contributed by atoms with van der Waals surface area (Å²) >= 11 is 0. The lowest BCUT2D eigenvalue weighted by atomic mass is 10.2. The Bertz CT molecular complexity index is 646. The summed E-state index contributed by atoms with van der Waals surface area (Å²) in [7, 11) is 0. The SMILES string of the molecule is CCN(CC(=O)O)C(=O)c1ccc(-n2ccc(C)n2)cc1. The standard InChI is InChI=1S/C15H17N3O3/c1-3-17(10-14(19)20)15(21)12-4-6-13(7-5-12)18-9-8-11(2)16-18/h4-9H,3,10H2,1-2H3,(H,19,20). The van der Waals surface area contributed by atoms with Crippen molar-refractivity contribution >= 4 is 11.9 Å². The van der Waals surface area contributed by atoms with Crippen molar-refractivity contribution in [3.05, 3.63) is 47.8 Å². The fraction of sp³-hybridized carbons (Fsp3) is 0.267. The molecule has 0 atom stereocenters. The largest absolute Gasteiger partial charge is 0.480 e. The molecule has 110 valence electrons. The number of carbonyl (C=O) groups is 2. The Morgan fingerprint density at radius 1 is 1.24 bits per heavy atom. The van der Waals surface area contributed by atoms with Gasteiger partial charge in [-0.05, 0) is 44.2 Å². The monoisotopic (exact) mass is 287 g/mol. The molecule has 6 nitrogen and oxygen atoms in total. The van der Waals surface area contributed by atoms with E-state index in [1.807, 2.05) is 19.2 Å². The van der Waals surface area contributed by atoms with E-state index in [1.165, 1.54) is 4.90 Å². The Labute approximate surface area is 122 Å². The molecule has 2 rings (SSSR count). The number of aryl methyl sites for hydroxylation is 1. The van der Waals surface area contributed by atoms with Crippen molar-refractivity contribution in [3.63, 3.8) is 0 Å². The van der Waals surface area contributed by atoms with Crippen LogP contribution in [-0.4, -0.2) is 44.8 Å². The van der Waals surface area contributed by atoms with E-state index in [9.17, 15) is 9.59 Å². The Kier molecular flexibility index (Phi) is 4.37. The second kappa shape index (κ2) is 6.21. The Morgan fingerprint density at radius 2 is 1.90 bits per heavy atom. The minimum Gasteiger partial charge on any atom is -0.480 e. The van der Waals surface area contributed by atoms with Crippen LogP contribution in [0.25, 0.3) is 5.69 Å². The first-order chi connectivity index (χ1) is 10.0. The average molecular weight is 287 g/mol. The van der Waals surface area contributed by atoms with Crippen LogP contribution in [0.3, 0.4) is 0 Å². The zero-order valence-electron chi connectivity index (χ0n) is 12.0. The summed E-state index contributed by atoms with van der Waals surface area (Å²) < 4.78 is 1.72. The average Bonchev–Trinajstić information content (AvgIpc) is 2.90. The molecule has 0 bridgehead atoms. The third kappa shape index (κ3) is 3.47. The summed E-state index contributed by atoms with van der Waals surface area (Å²) in [5.74, 6) is -1.31. The summed E-state index contributed by atoms with van der Waals surface area (Å²) in [5.41, 5.74) is 2.22. The summed E-state index contributed by atoms with van der Waals surface area (Å²) in [5, 5.41) is 13.1. The van der Waals surface area contributed by atoms with Gasteiger partial charge < -0.3 is 10.0 Å². The fourth-order valence-corrected chi connectivity index (χ4v) is 1.99. The van der Waals surface area contributed by atoms with E-state index in [0.29, 0.717) is 12.1 Å². The van der Waals surface area contributed by atoms with Crippen LogP contribution in [0, 0.1) is 6.92 Å². The number of hydrogen-bond acceptors (Lipinski definition) is 3. The molecule has 1 N–H and O–H groups in total. The third-order valence-electron chi connectivity index (χ3n) is 3.10. The number of aliphatic carboxylic acids is 1. The van der Waals surface area contributed by atoms with E-state index in [4.69, 9.17) is 5.11 Å². The van der Waals surface area contributed by atoms with E-state index in [1.54, 1.807) is 35.9 Å². The summed E-state index contributed by atoms with van der Waals surface area (Å²) in [6, 6.07) is 8.83. The van der Waals surface area contributed by atoms with E-state index in [-0.39, 0.29) is 12.5 Å². The third-order valence-corrected chi connectivity index (χ3v) is 3.10. The van der Waals surface area contributed by atoms with Gasteiger partial charge in [0.1, 0.15) is 6.54 Å². The van der Waals surface area contributed by atoms with Crippen LogP contribution in [0.4, 0.5) is 0 Å². The second-order valence-electron chi connectivity index (χ2n) is 4.66. The van der Waals surface area contributed by atoms with Crippen LogP contribution in [0.5, 0.6) is 0 Å². The first-order valence-corrected chi connectivity index (χ1v) is 6.65. The van der Waals surface area contributed by atoms with E-state index in [0.717, 1.165) is 11.4 Å². The highest BCUT2D eigenvalue weighted by molar-refractivity contribution is 5.96. The minimum absolute atomic E-state index is 0.289. The lowest BCUT2D eigenvalue weighted by Gasteiger charge is -2.18. The normalized spacial score (nSPS) is 10.4. The molecule has 0 aliphatic rings. The lowest BCUT2D eigenvalue weighted by Crippen LogP contribution is -2.35. The second-order valence-corrected chi connectivity index (χ2v) is 4.66.